The van der Waals surface area contributed by atoms with Crippen LogP contribution in [0.2, 0.25) is 0 Å². The molecular formula is C23H30F2N2O6. The molecule has 182 valence electrons. The maximum absolute atomic E-state index is 12.8. The van der Waals surface area contributed by atoms with E-state index in [1.165, 1.54) is 38.5 Å². The molecule has 10 heteroatoms. The minimum Gasteiger partial charge on any atom is -0.435 e. The number of ether oxygens (including phenoxy) is 3. The first-order valence-corrected chi connectivity index (χ1v) is 10.4. The Kier molecular flexibility index (Phi) is 12.0. The van der Waals surface area contributed by atoms with E-state index in [4.69, 9.17) is 9.47 Å². The predicted octanol–water partition coefficient (Wildman–Crippen LogP) is 5.05. The summed E-state index contributed by atoms with van der Waals surface area (Å²) in [5.74, 6) is -0.919. The molecule has 0 aromatic heterocycles. The van der Waals surface area contributed by atoms with Gasteiger partial charge >= 0.3 is 6.61 Å². The van der Waals surface area contributed by atoms with Crippen LogP contribution >= 0.6 is 0 Å². The highest BCUT2D eigenvalue weighted by Crippen LogP contribution is 2.33. The molecule has 0 radical (unpaired) electrons. The zero-order valence-corrected chi connectivity index (χ0v) is 19.3. The maximum atomic E-state index is 12.8. The van der Waals surface area contributed by atoms with Gasteiger partial charge in [-0.05, 0) is 31.0 Å². The van der Waals surface area contributed by atoms with Crippen molar-refractivity contribution in [3.63, 3.8) is 0 Å². The average molecular weight is 468 g/mol. The highest BCUT2D eigenvalue weighted by atomic mass is 19.3. The number of alkyl halides is 2. The number of nitrogens with one attached hydrogen (secondary N) is 1. The van der Waals surface area contributed by atoms with Crippen molar-refractivity contribution >= 4 is 11.6 Å². The summed E-state index contributed by atoms with van der Waals surface area (Å²) in [5.41, 5.74) is 1.12. The Balaban J connectivity index is 0.00000265. The fraction of sp³-hybridized carbons (Fsp3) is 0.435. The molecule has 2 aromatic carbocycles. The van der Waals surface area contributed by atoms with Gasteiger partial charge in [0.1, 0.15) is 5.75 Å². The zero-order chi connectivity index (χ0) is 25.0. The molecule has 0 spiro atoms. The van der Waals surface area contributed by atoms with E-state index in [-0.39, 0.29) is 18.0 Å². The van der Waals surface area contributed by atoms with Crippen LogP contribution in [0, 0.1) is 17.0 Å². The molecule has 0 heterocycles. The number of aryl methyl sites for hydroxylation is 1. The second kappa shape index (κ2) is 14.1. The first-order valence-electron chi connectivity index (χ1n) is 10.4. The minimum absolute atomic E-state index is 0.000796. The van der Waals surface area contributed by atoms with Gasteiger partial charge in [0.2, 0.25) is 0 Å². The monoisotopic (exact) mass is 468 g/mol. The SMILES string of the molecule is CC.COC(OC)C(CCNC(=O)c1ccc([N+](=O)[O-])cc1C)c1ccccc1OC(F)F. The predicted molar refractivity (Wildman–Crippen MR) is 120 cm³/mol. The van der Waals surface area contributed by atoms with E-state index in [0.29, 0.717) is 23.1 Å². The second-order valence-corrected chi connectivity index (χ2v) is 6.66. The van der Waals surface area contributed by atoms with Crippen LogP contribution in [0.3, 0.4) is 0 Å². The van der Waals surface area contributed by atoms with Crippen LogP contribution in [-0.4, -0.2) is 44.5 Å². The number of hydrogen-bond acceptors (Lipinski definition) is 6. The van der Waals surface area contributed by atoms with Gasteiger partial charge in [-0.1, -0.05) is 32.0 Å². The van der Waals surface area contributed by atoms with E-state index in [2.05, 4.69) is 10.1 Å². The molecule has 2 aromatic rings. The Morgan fingerprint density at radius 1 is 1.12 bits per heavy atom. The lowest BCUT2D eigenvalue weighted by Gasteiger charge is -2.27. The van der Waals surface area contributed by atoms with Crippen LogP contribution in [0.1, 0.15) is 47.7 Å². The molecule has 0 saturated carbocycles. The van der Waals surface area contributed by atoms with Gasteiger partial charge in [-0.25, -0.2) is 0 Å². The molecular weight excluding hydrogens is 438 g/mol. The van der Waals surface area contributed by atoms with Crippen molar-refractivity contribution in [2.45, 2.75) is 46.0 Å². The number of halogens is 2. The molecule has 1 atom stereocenters. The van der Waals surface area contributed by atoms with E-state index >= 15 is 0 Å². The number of amides is 1. The highest BCUT2D eigenvalue weighted by molar-refractivity contribution is 5.95. The smallest absolute Gasteiger partial charge is 0.387 e. The summed E-state index contributed by atoms with van der Waals surface area (Å²) in [6.07, 6.45) is -0.464. The van der Waals surface area contributed by atoms with Crippen molar-refractivity contribution in [1.82, 2.24) is 5.32 Å². The molecule has 0 bridgehead atoms. The lowest BCUT2D eigenvalue weighted by Crippen LogP contribution is -2.30. The molecule has 2 rings (SSSR count). The van der Waals surface area contributed by atoms with Gasteiger partial charge in [0.25, 0.3) is 11.6 Å². The van der Waals surface area contributed by atoms with E-state index < -0.39 is 29.6 Å². The number of nitrogens with zero attached hydrogens (tertiary/aromatic N) is 1. The summed E-state index contributed by atoms with van der Waals surface area (Å²) in [7, 11) is 2.85. The lowest BCUT2D eigenvalue weighted by atomic mass is 9.93. The Labute approximate surface area is 192 Å². The van der Waals surface area contributed by atoms with Gasteiger partial charge < -0.3 is 19.5 Å². The van der Waals surface area contributed by atoms with Gasteiger partial charge in [-0.2, -0.15) is 8.78 Å². The second-order valence-electron chi connectivity index (χ2n) is 6.66. The molecule has 1 N–H and O–H groups in total. The fourth-order valence-corrected chi connectivity index (χ4v) is 3.31. The van der Waals surface area contributed by atoms with Crippen LogP contribution in [-0.2, 0) is 9.47 Å². The van der Waals surface area contributed by atoms with Crippen LogP contribution < -0.4 is 10.1 Å². The lowest BCUT2D eigenvalue weighted by molar-refractivity contribution is -0.384. The third-order valence-corrected chi connectivity index (χ3v) is 4.73. The van der Waals surface area contributed by atoms with Crippen molar-refractivity contribution < 1.29 is 32.7 Å². The summed E-state index contributed by atoms with van der Waals surface area (Å²) in [4.78, 5) is 22.8. The molecule has 1 unspecified atom stereocenters. The maximum Gasteiger partial charge on any atom is 0.387 e. The van der Waals surface area contributed by atoms with Gasteiger partial charge in [-0.3, -0.25) is 14.9 Å². The zero-order valence-electron chi connectivity index (χ0n) is 19.3. The number of carbonyl (C=O) groups is 1. The summed E-state index contributed by atoms with van der Waals surface area (Å²) >= 11 is 0. The van der Waals surface area contributed by atoms with Gasteiger partial charge in [0.05, 0.1) is 4.92 Å². The van der Waals surface area contributed by atoms with Crippen molar-refractivity contribution in [1.29, 1.82) is 0 Å². The van der Waals surface area contributed by atoms with Gasteiger partial charge in [-0.15, -0.1) is 0 Å². The molecule has 0 fully saturated rings. The standard InChI is InChI=1S/C21H24F2N2O6.C2H6/c1-13-12-14(25(27)28)8-9-15(13)19(26)24-11-10-17(20(29-2)30-3)16-6-4-5-7-18(16)31-21(22)23;1-2/h4-9,12,17,20-21H,10-11H2,1-3H3,(H,24,26);1-2H3. The molecule has 33 heavy (non-hydrogen) atoms. The van der Waals surface area contributed by atoms with E-state index in [9.17, 15) is 23.7 Å². The van der Waals surface area contributed by atoms with E-state index in [0.717, 1.165) is 0 Å². The summed E-state index contributed by atoms with van der Waals surface area (Å²) in [5, 5.41) is 13.6. The Bertz CT molecular complexity index is 906. The van der Waals surface area contributed by atoms with Crippen LogP contribution in [0.15, 0.2) is 42.5 Å². The number of benzene rings is 2. The Morgan fingerprint density at radius 3 is 2.30 bits per heavy atom. The molecule has 0 aliphatic heterocycles. The van der Waals surface area contributed by atoms with Crippen molar-refractivity contribution in [3.8, 4) is 5.75 Å². The quantitative estimate of drug-likeness (QED) is 0.281. The van der Waals surface area contributed by atoms with Crippen LogP contribution in [0.25, 0.3) is 0 Å². The Hall–Kier alpha value is -3.11. The van der Waals surface area contributed by atoms with E-state index in [1.54, 1.807) is 25.1 Å². The topological polar surface area (TPSA) is 99.9 Å². The van der Waals surface area contributed by atoms with Crippen LogP contribution in [0.4, 0.5) is 14.5 Å². The number of methoxy groups -OCH3 is 2. The first-order chi connectivity index (χ1) is 15.8. The summed E-state index contributed by atoms with van der Waals surface area (Å²) < 4.78 is 40.9. The van der Waals surface area contributed by atoms with Crippen LogP contribution in [0.5, 0.6) is 5.75 Å². The highest BCUT2D eigenvalue weighted by Gasteiger charge is 2.27. The molecule has 0 aliphatic rings. The largest absolute Gasteiger partial charge is 0.435 e. The number of nitro groups is 1. The number of nitro benzene ring substituents is 1. The Morgan fingerprint density at radius 2 is 1.76 bits per heavy atom. The van der Waals surface area contributed by atoms with Crippen molar-refractivity contribution in [2.75, 3.05) is 20.8 Å². The third kappa shape index (κ3) is 8.07. The number of hydrogen-bond donors (Lipinski definition) is 1. The normalized spacial score (nSPS) is 11.5. The third-order valence-electron chi connectivity index (χ3n) is 4.73. The molecule has 1 amide bonds. The minimum atomic E-state index is -2.99. The number of non-ortho nitro benzene ring substituents is 1. The van der Waals surface area contributed by atoms with E-state index in [1.807, 2.05) is 13.8 Å². The molecule has 0 aliphatic carbocycles. The average Bonchev–Trinajstić information content (AvgIpc) is 2.80. The molecule has 0 saturated heterocycles. The number of carbonyl (C=O) groups excluding carboxylic acids is 1. The first kappa shape index (κ1) is 27.9. The number of para-hydroxylation sites is 1. The number of rotatable bonds is 11. The summed E-state index contributed by atoms with van der Waals surface area (Å²) in [6.45, 7) is 2.79. The summed E-state index contributed by atoms with van der Waals surface area (Å²) in [6, 6.07) is 10.3. The van der Waals surface area contributed by atoms with Crippen molar-refractivity contribution in [3.05, 3.63) is 69.3 Å². The molecule has 8 nitrogen and oxygen atoms in total. The fourth-order valence-electron chi connectivity index (χ4n) is 3.31. The van der Waals surface area contributed by atoms with Crippen molar-refractivity contribution in [2.24, 2.45) is 0 Å². The van der Waals surface area contributed by atoms with Gasteiger partial charge in [0, 0.05) is 49.9 Å². The van der Waals surface area contributed by atoms with Gasteiger partial charge in [0.15, 0.2) is 6.29 Å².